The number of nitrogens with zero attached hydrogens (tertiary/aromatic N) is 3. The van der Waals surface area contributed by atoms with Gasteiger partial charge in [0.2, 0.25) is 0 Å². The number of hydrogen-bond acceptors (Lipinski definition) is 5. The molecule has 1 fully saturated rings. The van der Waals surface area contributed by atoms with Crippen LogP contribution in [0, 0.1) is 0 Å². The van der Waals surface area contributed by atoms with E-state index in [1.54, 1.807) is 35.6 Å². The SMILES string of the molecule is CN1C(C)(C)CC(NC(=O)c2ccc(-n3nc4c5ccccc5scc-4c3=O)cc2)CC1(C)C. The Balaban J connectivity index is 1.39. The van der Waals surface area contributed by atoms with Crippen molar-refractivity contribution in [3.63, 3.8) is 0 Å². The van der Waals surface area contributed by atoms with Crippen LogP contribution in [0.15, 0.2) is 58.7 Å². The molecule has 0 radical (unpaired) electrons. The Morgan fingerprint density at radius 3 is 2.35 bits per heavy atom. The minimum absolute atomic E-state index is 0.00120. The first-order chi connectivity index (χ1) is 16.1. The average molecular weight is 475 g/mol. The van der Waals surface area contributed by atoms with Gasteiger partial charge in [0.15, 0.2) is 0 Å². The molecule has 1 N–H and O–H groups in total. The molecule has 5 rings (SSSR count). The number of fused-ring (bicyclic) bond motifs is 3. The molecule has 2 aromatic rings. The Bertz CT molecular complexity index is 1380. The molecule has 34 heavy (non-hydrogen) atoms. The Morgan fingerprint density at radius 1 is 1.03 bits per heavy atom. The van der Waals surface area contributed by atoms with E-state index < -0.39 is 0 Å². The van der Waals surface area contributed by atoms with E-state index in [9.17, 15) is 9.59 Å². The van der Waals surface area contributed by atoms with Crippen molar-refractivity contribution >= 4 is 27.3 Å². The van der Waals surface area contributed by atoms with Gasteiger partial charge in [0, 0.05) is 38.1 Å². The van der Waals surface area contributed by atoms with Gasteiger partial charge >= 0.3 is 0 Å². The highest BCUT2D eigenvalue weighted by Gasteiger charge is 2.43. The zero-order valence-corrected chi connectivity index (χ0v) is 21.1. The lowest BCUT2D eigenvalue weighted by Gasteiger charge is -2.53. The Morgan fingerprint density at radius 2 is 1.68 bits per heavy atom. The summed E-state index contributed by atoms with van der Waals surface area (Å²) in [5.41, 5.74) is 2.39. The topological polar surface area (TPSA) is 67.2 Å². The number of nitrogens with one attached hydrogen (secondary N) is 1. The molecule has 0 spiro atoms. The molecule has 0 aliphatic carbocycles. The van der Waals surface area contributed by atoms with Crippen molar-refractivity contribution in [1.29, 1.82) is 0 Å². The highest BCUT2D eigenvalue weighted by Crippen LogP contribution is 2.37. The predicted octanol–water partition coefficient (Wildman–Crippen LogP) is 4.93. The molecule has 1 amide bonds. The minimum atomic E-state index is -0.148. The van der Waals surface area contributed by atoms with Gasteiger partial charge < -0.3 is 5.32 Å². The van der Waals surface area contributed by atoms with Crippen molar-refractivity contribution in [2.75, 3.05) is 7.05 Å². The lowest BCUT2D eigenvalue weighted by atomic mass is 9.77. The highest BCUT2D eigenvalue weighted by atomic mass is 32.1. The van der Waals surface area contributed by atoms with Crippen molar-refractivity contribution in [1.82, 2.24) is 20.0 Å². The van der Waals surface area contributed by atoms with Gasteiger partial charge in [0.25, 0.3) is 11.5 Å². The summed E-state index contributed by atoms with van der Waals surface area (Å²) in [4.78, 5) is 28.4. The molecular weight excluding hydrogens is 444 g/mol. The van der Waals surface area contributed by atoms with Crippen LogP contribution < -0.4 is 10.9 Å². The van der Waals surface area contributed by atoms with Crippen LogP contribution in [-0.4, -0.2) is 44.8 Å². The van der Waals surface area contributed by atoms with Gasteiger partial charge in [-0.1, -0.05) is 18.2 Å². The lowest BCUT2D eigenvalue weighted by Crippen LogP contribution is -2.62. The average Bonchev–Trinajstić information content (AvgIpc) is 3.14. The molecule has 0 bridgehead atoms. The molecule has 3 aliphatic rings. The first-order valence-corrected chi connectivity index (χ1v) is 12.5. The summed E-state index contributed by atoms with van der Waals surface area (Å²) in [5, 5.41) is 10.7. The summed E-state index contributed by atoms with van der Waals surface area (Å²) in [6.07, 6.45) is 1.79. The summed E-state index contributed by atoms with van der Waals surface area (Å²) < 4.78 is 2.51. The highest BCUT2D eigenvalue weighted by molar-refractivity contribution is 7.17. The van der Waals surface area contributed by atoms with Gasteiger partial charge in [0.1, 0.15) is 5.69 Å². The van der Waals surface area contributed by atoms with E-state index in [4.69, 9.17) is 0 Å². The predicted molar refractivity (Wildman–Crippen MR) is 138 cm³/mol. The molecule has 0 atom stereocenters. The van der Waals surface area contributed by atoms with Crippen LogP contribution in [0.25, 0.3) is 27.0 Å². The Labute approximate surface area is 203 Å². The number of rotatable bonds is 3. The lowest BCUT2D eigenvalue weighted by molar-refractivity contribution is -0.0169. The summed E-state index contributed by atoms with van der Waals surface area (Å²) in [6.45, 7) is 8.89. The van der Waals surface area contributed by atoms with Crippen molar-refractivity contribution in [2.24, 2.45) is 0 Å². The van der Waals surface area contributed by atoms with Gasteiger partial charge in [0.05, 0.1) is 11.3 Å². The van der Waals surface area contributed by atoms with E-state index in [1.807, 2.05) is 29.6 Å². The van der Waals surface area contributed by atoms with Crippen LogP contribution in [0.1, 0.15) is 50.9 Å². The summed E-state index contributed by atoms with van der Waals surface area (Å²) in [6, 6.07) is 15.2. The molecule has 0 unspecified atom stereocenters. The maximum absolute atomic E-state index is 13.0. The molecule has 0 aromatic heterocycles. The van der Waals surface area contributed by atoms with E-state index in [1.165, 1.54) is 4.68 Å². The van der Waals surface area contributed by atoms with Crippen LogP contribution >= 0.6 is 11.3 Å². The van der Waals surface area contributed by atoms with E-state index in [-0.39, 0.29) is 28.6 Å². The van der Waals surface area contributed by atoms with Crippen LogP contribution in [0.3, 0.4) is 0 Å². The van der Waals surface area contributed by atoms with Crippen molar-refractivity contribution in [3.05, 3.63) is 69.8 Å². The van der Waals surface area contributed by atoms with E-state index >= 15 is 0 Å². The second-order valence-corrected chi connectivity index (χ2v) is 11.4. The summed E-state index contributed by atoms with van der Waals surface area (Å²) in [7, 11) is 2.16. The third-order valence-electron chi connectivity index (χ3n) is 7.34. The Hall–Kier alpha value is -3.03. The van der Waals surface area contributed by atoms with Crippen LogP contribution in [0.5, 0.6) is 0 Å². The number of piperidine rings is 1. The van der Waals surface area contributed by atoms with Gasteiger partial charge in [-0.25, -0.2) is 0 Å². The maximum atomic E-state index is 13.0. The number of carbonyl (C=O) groups is 1. The first-order valence-electron chi connectivity index (χ1n) is 11.6. The van der Waals surface area contributed by atoms with Gasteiger partial charge in [-0.2, -0.15) is 9.78 Å². The molecule has 176 valence electrons. The van der Waals surface area contributed by atoms with Crippen LogP contribution in [0.4, 0.5) is 0 Å². The van der Waals surface area contributed by atoms with Crippen molar-refractivity contribution in [2.45, 2.75) is 57.7 Å². The number of benzene rings is 2. The minimum Gasteiger partial charge on any atom is -0.349 e. The maximum Gasteiger partial charge on any atom is 0.281 e. The van der Waals surface area contributed by atoms with Gasteiger partial charge in [-0.3, -0.25) is 14.5 Å². The molecule has 1 saturated heterocycles. The second kappa shape index (κ2) is 8.03. The molecule has 3 heterocycles. The third kappa shape index (κ3) is 3.83. The largest absolute Gasteiger partial charge is 0.349 e. The van der Waals surface area contributed by atoms with Crippen LogP contribution in [0.2, 0.25) is 0 Å². The smallest absolute Gasteiger partial charge is 0.281 e. The first kappa shape index (κ1) is 22.7. The standard InChI is InChI=1S/C27H30N4O2S/c1-26(2)14-18(15-27(3,4)30(26)5)28-24(32)17-10-12-19(13-11-17)31-25(33)21-16-34-22-9-7-6-8-20(22)23(21)29-31/h6-13,16,18H,14-15H2,1-5H3,(H,28,32). The van der Waals surface area contributed by atoms with Gasteiger partial charge in [-0.15, -0.1) is 11.3 Å². The fraction of sp³-hybridized carbons (Fsp3) is 0.370. The molecule has 7 heteroatoms. The monoisotopic (exact) mass is 474 g/mol. The van der Waals surface area contributed by atoms with Gasteiger partial charge in [-0.05, 0) is 77.9 Å². The number of carbonyl (C=O) groups excluding carboxylic acids is 1. The third-order valence-corrected chi connectivity index (χ3v) is 8.30. The number of amides is 1. The zero-order chi connectivity index (χ0) is 24.3. The Kier molecular flexibility index (Phi) is 5.37. The van der Waals surface area contributed by atoms with Crippen molar-refractivity contribution < 1.29 is 4.79 Å². The molecule has 2 aromatic carbocycles. The van der Waals surface area contributed by atoms with Crippen molar-refractivity contribution in [3.8, 4) is 16.9 Å². The fourth-order valence-electron chi connectivity index (χ4n) is 5.28. The fourth-order valence-corrected chi connectivity index (χ4v) is 6.18. The molecule has 3 aliphatic heterocycles. The second-order valence-electron chi connectivity index (χ2n) is 10.5. The van der Waals surface area contributed by atoms with E-state index in [0.717, 1.165) is 22.9 Å². The molecular formula is C27H30N4O2S. The van der Waals surface area contributed by atoms with Crippen LogP contribution in [-0.2, 0) is 0 Å². The van der Waals surface area contributed by atoms with E-state index in [0.29, 0.717) is 22.5 Å². The molecule has 0 saturated carbocycles. The quantitative estimate of drug-likeness (QED) is 0.457. The zero-order valence-electron chi connectivity index (χ0n) is 20.3. The summed E-state index contributed by atoms with van der Waals surface area (Å²) >= 11 is 1.54. The molecule has 6 nitrogen and oxygen atoms in total. The number of hydrogen-bond donors (Lipinski definition) is 1. The van der Waals surface area contributed by atoms with E-state index in [2.05, 4.69) is 50.1 Å². The number of aromatic nitrogens is 2. The summed E-state index contributed by atoms with van der Waals surface area (Å²) in [5.74, 6) is -0.0894. The number of likely N-dealkylation sites (tertiary alicyclic amines) is 1. The normalized spacial score (nSPS) is 18.4.